The molecule has 1 fully saturated rings. The van der Waals surface area contributed by atoms with Gasteiger partial charge in [-0.25, -0.2) is 0 Å². The van der Waals surface area contributed by atoms with Gasteiger partial charge in [-0.05, 0) is 37.6 Å². The van der Waals surface area contributed by atoms with E-state index >= 15 is 0 Å². The van der Waals surface area contributed by atoms with Crippen LogP contribution in [-0.2, 0) is 11.3 Å². The molecule has 1 aromatic rings. The zero-order valence-corrected chi connectivity index (χ0v) is 10.9. The number of hydrogen-bond donors (Lipinski definition) is 2. The Labute approximate surface area is 108 Å². The standard InChI is InChI=1S/C14H21N3O/c1-17(13-6-7-13)9-8-14(18)16-12-4-2-11(10-15)3-5-12/h2-5,13H,6-10,15H2,1H3,(H,16,18). The summed E-state index contributed by atoms with van der Waals surface area (Å²) in [6.45, 7) is 1.36. The summed E-state index contributed by atoms with van der Waals surface area (Å²) in [6, 6.07) is 8.37. The number of nitrogens with two attached hydrogens (primary N) is 1. The zero-order chi connectivity index (χ0) is 13.0. The number of hydrogen-bond acceptors (Lipinski definition) is 3. The summed E-state index contributed by atoms with van der Waals surface area (Å²) in [5.74, 6) is 0.0722. The first-order chi connectivity index (χ1) is 8.69. The van der Waals surface area contributed by atoms with Gasteiger partial charge in [-0.15, -0.1) is 0 Å². The number of anilines is 1. The van der Waals surface area contributed by atoms with Gasteiger partial charge >= 0.3 is 0 Å². The number of nitrogens with one attached hydrogen (secondary N) is 1. The minimum Gasteiger partial charge on any atom is -0.326 e. The van der Waals surface area contributed by atoms with Crippen molar-refractivity contribution < 1.29 is 4.79 Å². The molecule has 0 bridgehead atoms. The van der Waals surface area contributed by atoms with Crippen molar-refractivity contribution in [3.8, 4) is 0 Å². The maximum Gasteiger partial charge on any atom is 0.225 e. The van der Waals surface area contributed by atoms with Crippen molar-refractivity contribution in [3.63, 3.8) is 0 Å². The lowest BCUT2D eigenvalue weighted by Crippen LogP contribution is -2.26. The van der Waals surface area contributed by atoms with Crippen molar-refractivity contribution in [2.24, 2.45) is 5.73 Å². The Kier molecular flexibility index (Phi) is 4.33. The second-order valence-electron chi connectivity index (χ2n) is 4.91. The van der Waals surface area contributed by atoms with Gasteiger partial charge in [0.25, 0.3) is 0 Å². The third kappa shape index (κ3) is 3.82. The summed E-state index contributed by atoms with van der Waals surface area (Å²) in [5.41, 5.74) is 7.43. The molecular weight excluding hydrogens is 226 g/mol. The summed E-state index contributed by atoms with van der Waals surface area (Å²) in [7, 11) is 2.08. The summed E-state index contributed by atoms with van der Waals surface area (Å²) in [6.07, 6.45) is 3.10. The van der Waals surface area contributed by atoms with Crippen LogP contribution in [0.15, 0.2) is 24.3 Å². The van der Waals surface area contributed by atoms with Crippen molar-refractivity contribution in [1.82, 2.24) is 4.90 Å². The SMILES string of the molecule is CN(CCC(=O)Nc1ccc(CN)cc1)C1CC1. The summed E-state index contributed by atoms with van der Waals surface area (Å²) < 4.78 is 0. The van der Waals surface area contributed by atoms with Crippen LogP contribution < -0.4 is 11.1 Å². The molecule has 0 aliphatic heterocycles. The smallest absolute Gasteiger partial charge is 0.225 e. The number of rotatable bonds is 6. The number of carbonyl (C=O) groups is 1. The number of amides is 1. The van der Waals surface area contributed by atoms with Gasteiger partial charge in [0.05, 0.1) is 0 Å². The largest absolute Gasteiger partial charge is 0.326 e. The van der Waals surface area contributed by atoms with Crippen LogP contribution in [0.4, 0.5) is 5.69 Å². The molecule has 1 aliphatic rings. The fraction of sp³-hybridized carbons (Fsp3) is 0.500. The van der Waals surface area contributed by atoms with E-state index in [-0.39, 0.29) is 5.91 Å². The fourth-order valence-corrected chi connectivity index (χ4v) is 1.92. The quantitative estimate of drug-likeness (QED) is 0.802. The van der Waals surface area contributed by atoms with E-state index in [1.54, 1.807) is 0 Å². The highest BCUT2D eigenvalue weighted by Gasteiger charge is 2.25. The summed E-state index contributed by atoms with van der Waals surface area (Å²) >= 11 is 0. The van der Waals surface area contributed by atoms with E-state index in [1.165, 1.54) is 12.8 Å². The van der Waals surface area contributed by atoms with E-state index in [0.29, 0.717) is 19.0 Å². The Balaban J connectivity index is 1.75. The van der Waals surface area contributed by atoms with E-state index in [0.717, 1.165) is 17.8 Å². The topological polar surface area (TPSA) is 58.4 Å². The van der Waals surface area contributed by atoms with Gasteiger partial charge in [-0.3, -0.25) is 4.79 Å². The first-order valence-corrected chi connectivity index (χ1v) is 6.48. The average Bonchev–Trinajstić information content (AvgIpc) is 3.21. The van der Waals surface area contributed by atoms with E-state index in [1.807, 2.05) is 24.3 Å². The molecule has 0 heterocycles. The van der Waals surface area contributed by atoms with Gasteiger partial charge in [0.1, 0.15) is 0 Å². The van der Waals surface area contributed by atoms with Crippen molar-refractivity contribution in [2.45, 2.75) is 31.8 Å². The van der Waals surface area contributed by atoms with Crippen LogP contribution in [0.1, 0.15) is 24.8 Å². The molecule has 0 spiro atoms. The first-order valence-electron chi connectivity index (χ1n) is 6.48. The van der Waals surface area contributed by atoms with Gasteiger partial charge in [-0.2, -0.15) is 0 Å². The predicted molar refractivity (Wildman–Crippen MR) is 73.2 cm³/mol. The molecule has 0 saturated heterocycles. The Morgan fingerprint density at radius 2 is 2.06 bits per heavy atom. The first kappa shape index (κ1) is 13.1. The van der Waals surface area contributed by atoms with Crippen molar-refractivity contribution in [1.29, 1.82) is 0 Å². The lowest BCUT2D eigenvalue weighted by Gasteiger charge is -2.15. The van der Waals surface area contributed by atoms with Crippen LogP contribution in [-0.4, -0.2) is 30.4 Å². The molecule has 1 aromatic carbocycles. The molecule has 1 saturated carbocycles. The van der Waals surface area contributed by atoms with E-state index in [4.69, 9.17) is 5.73 Å². The second-order valence-corrected chi connectivity index (χ2v) is 4.91. The normalized spacial score (nSPS) is 14.8. The van der Waals surface area contributed by atoms with Crippen molar-refractivity contribution >= 4 is 11.6 Å². The number of benzene rings is 1. The number of nitrogens with zero attached hydrogens (tertiary/aromatic N) is 1. The highest BCUT2D eigenvalue weighted by molar-refractivity contribution is 5.90. The Bertz CT molecular complexity index is 398. The number of carbonyl (C=O) groups excluding carboxylic acids is 1. The summed E-state index contributed by atoms with van der Waals surface area (Å²) in [5, 5.41) is 2.90. The van der Waals surface area contributed by atoms with Crippen LogP contribution in [0.25, 0.3) is 0 Å². The molecule has 0 aromatic heterocycles. The third-order valence-corrected chi connectivity index (χ3v) is 3.34. The molecule has 4 heteroatoms. The molecular formula is C14H21N3O. The Morgan fingerprint density at radius 1 is 1.39 bits per heavy atom. The molecule has 1 amide bonds. The Morgan fingerprint density at radius 3 is 2.61 bits per heavy atom. The minimum atomic E-state index is 0.0722. The highest BCUT2D eigenvalue weighted by atomic mass is 16.1. The minimum absolute atomic E-state index is 0.0722. The maximum absolute atomic E-state index is 11.8. The van der Waals surface area contributed by atoms with E-state index in [2.05, 4.69) is 17.3 Å². The van der Waals surface area contributed by atoms with Crippen molar-refractivity contribution in [2.75, 3.05) is 18.9 Å². The Hall–Kier alpha value is -1.39. The monoisotopic (exact) mass is 247 g/mol. The van der Waals surface area contributed by atoms with Gasteiger partial charge in [0.2, 0.25) is 5.91 Å². The van der Waals surface area contributed by atoms with Crippen LogP contribution in [0.2, 0.25) is 0 Å². The molecule has 0 unspecified atom stereocenters. The van der Waals surface area contributed by atoms with Crippen LogP contribution in [0.3, 0.4) is 0 Å². The van der Waals surface area contributed by atoms with Gasteiger partial charge < -0.3 is 16.0 Å². The zero-order valence-electron chi connectivity index (χ0n) is 10.9. The van der Waals surface area contributed by atoms with E-state index in [9.17, 15) is 4.79 Å². The molecule has 0 atom stereocenters. The fourth-order valence-electron chi connectivity index (χ4n) is 1.92. The maximum atomic E-state index is 11.8. The van der Waals surface area contributed by atoms with Crippen LogP contribution in [0, 0.1) is 0 Å². The average molecular weight is 247 g/mol. The van der Waals surface area contributed by atoms with Crippen LogP contribution in [0.5, 0.6) is 0 Å². The lowest BCUT2D eigenvalue weighted by atomic mass is 10.2. The second kappa shape index (κ2) is 5.98. The molecule has 0 radical (unpaired) electrons. The van der Waals surface area contributed by atoms with Crippen molar-refractivity contribution in [3.05, 3.63) is 29.8 Å². The molecule has 98 valence electrons. The van der Waals surface area contributed by atoms with Gasteiger partial charge in [0.15, 0.2) is 0 Å². The molecule has 3 N–H and O–H groups in total. The third-order valence-electron chi connectivity index (χ3n) is 3.34. The van der Waals surface area contributed by atoms with Crippen LogP contribution >= 0.6 is 0 Å². The van der Waals surface area contributed by atoms with Gasteiger partial charge in [0, 0.05) is 31.2 Å². The summed E-state index contributed by atoms with van der Waals surface area (Å²) in [4.78, 5) is 14.0. The molecule has 18 heavy (non-hydrogen) atoms. The predicted octanol–water partition coefficient (Wildman–Crippen LogP) is 1.57. The lowest BCUT2D eigenvalue weighted by molar-refractivity contribution is -0.116. The molecule has 1 aliphatic carbocycles. The molecule has 2 rings (SSSR count). The van der Waals surface area contributed by atoms with Gasteiger partial charge in [-0.1, -0.05) is 12.1 Å². The van der Waals surface area contributed by atoms with E-state index < -0.39 is 0 Å². The highest BCUT2D eigenvalue weighted by Crippen LogP contribution is 2.25. The molecule has 4 nitrogen and oxygen atoms in total.